The predicted octanol–water partition coefficient (Wildman–Crippen LogP) is 17.0. The molecule has 61 heavy (non-hydrogen) atoms. The first-order chi connectivity index (χ1) is 30.2. The van der Waals surface area contributed by atoms with Crippen molar-refractivity contribution in [3.63, 3.8) is 0 Å². The number of fused-ring (bicyclic) bond motifs is 11. The quantitative estimate of drug-likeness (QED) is 0.128. The molecule has 1 nitrogen and oxygen atoms in total. The molecule has 2 heteroatoms. The van der Waals surface area contributed by atoms with Crippen LogP contribution >= 0.6 is 11.3 Å². The molecular formula is C59H35NS. The number of benzene rings is 11. The highest BCUT2D eigenvalue weighted by Gasteiger charge is 2.20. The van der Waals surface area contributed by atoms with Gasteiger partial charge in [-0.05, 0) is 107 Å². The first-order valence-corrected chi connectivity index (χ1v) is 21.8. The van der Waals surface area contributed by atoms with Gasteiger partial charge in [0.15, 0.2) is 0 Å². The van der Waals surface area contributed by atoms with Crippen LogP contribution in [0.4, 0.5) is 0 Å². The van der Waals surface area contributed by atoms with Gasteiger partial charge in [-0.25, -0.2) is 4.98 Å². The van der Waals surface area contributed by atoms with Crippen molar-refractivity contribution in [1.29, 1.82) is 0 Å². The van der Waals surface area contributed by atoms with E-state index in [0.717, 1.165) is 16.8 Å². The topological polar surface area (TPSA) is 12.9 Å². The molecule has 0 amide bonds. The van der Waals surface area contributed by atoms with Gasteiger partial charge in [-0.2, -0.15) is 0 Å². The van der Waals surface area contributed by atoms with Crippen molar-refractivity contribution in [1.82, 2.24) is 4.98 Å². The first-order valence-electron chi connectivity index (χ1n) is 20.9. The third kappa shape index (κ3) is 5.36. The summed E-state index contributed by atoms with van der Waals surface area (Å²) in [5, 5.41) is 16.3. The maximum absolute atomic E-state index is 5.34. The summed E-state index contributed by atoms with van der Waals surface area (Å²) in [6, 6.07) is 78.2. The van der Waals surface area contributed by atoms with Gasteiger partial charge in [-0.15, -0.1) is 11.3 Å². The largest absolute Gasteiger partial charge is 0.247 e. The van der Waals surface area contributed by atoms with Crippen LogP contribution in [-0.4, -0.2) is 4.98 Å². The van der Waals surface area contributed by atoms with E-state index in [2.05, 4.69) is 212 Å². The highest BCUT2D eigenvalue weighted by molar-refractivity contribution is 7.26. The monoisotopic (exact) mass is 789 g/mol. The number of nitrogens with zero attached hydrogens (tertiary/aromatic N) is 1. The Balaban J connectivity index is 1.02. The molecule has 0 fully saturated rings. The Morgan fingerprint density at radius 2 is 0.787 bits per heavy atom. The molecule has 0 aliphatic rings. The SMILES string of the molecule is c1ccc2cc(-c3c4ccccc4c(-c4ccc5ccccc5c4)c4cc(-c5ccc(-c6nc7ccccc7c7c6ccc6c8ccccc8sc67)cc5)ccc34)ccc2c1. The van der Waals surface area contributed by atoms with E-state index in [0.29, 0.717) is 0 Å². The zero-order valence-corrected chi connectivity index (χ0v) is 33.9. The van der Waals surface area contributed by atoms with Gasteiger partial charge >= 0.3 is 0 Å². The van der Waals surface area contributed by atoms with Gasteiger partial charge in [0.1, 0.15) is 0 Å². The summed E-state index contributed by atoms with van der Waals surface area (Å²) in [6.07, 6.45) is 0. The summed E-state index contributed by atoms with van der Waals surface area (Å²) in [6.45, 7) is 0. The number of thiophene rings is 1. The van der Waals surface area contributed by atoms with Crippen LogP contribution < -0.4 is 0 Å². The van der Waals surface area contributed by atoms with Crippen LogP contribution in [0.5, 0.6) is 0 Å². The van der Waals surface area contributed by atoms with Crippen LogP contribution in [0.1, 0.15) is 0 Å². The van der Waals surface area contributed by atoms with Crippen molar-refractivity contribution >= 4 is 96.3 Å². The molecule has 0 N–H and O–H groups in total. The van der Waals surface area contributed by atoms with Crippen LogP contribution in [0.25, 0.3) is 130 Å². The molecule has 0 bridgehead atoms. The zero-order chi connectivity index (χ0) is 40.0. The van der Waals surface area contributed by atoms with E-state index in [1.165, 1.54) is 113 Å². The second-order valence-electron chi connectivity index (χ2n) is 16.2. The zero-order valence-electron chi connectivity index (χ0n) is 33.1. The molecule has 11 aromatic carbocycles. The summed E-state index contributed by atoms with van der Waals surface area (Å²) in [5.41, 5.74) is 10.5. The lowest BCUT2D eigenvalue weighted by molar-refractivity contribution is 1.43. The minimum Gasteiger partial charge on any atom is -0.247 e. The summed E-state index contributed by atoms with van der Waals surface area (Å²) < 4.78 is 2.64. The molecular weight excluding hydrogens is 755 g/mol. The van der Waals surface area contributed by atoms with Crippen LogP contribution in [-0.2, 0) is 0 Å². The van der Waals surface area contributed by atoms with E-state index in [4.69, 9.17) is 4.98 Å². The first kappa shape index (κ1) is 34.2. The third-order valence-corrected chi connectivity index (χ3v) is 14.0. The van der Waals surface area contributed by atoms with Crippen LogP contribution in [0.3, 0.4) is 0 Å². The smallest absolute Gasteiger partial charge is 0.0788 e. The Hall–Kier alpha value is -7.65. The Morgan fingerprint density at radius 3 is 1.49 bits per heavy atom. The molecule has 0 atom stereocenters. The normalized spacial score (nSPS) is 11.9. The predicted molar refractivity (Wildman–Crippen MR) is 264 cm³/mol. The molecule has 13 rings (SSSR count). The summed E-state index contributed by atoms with van der Waals surface area (Å²) in [4.78, 5) is 5.34. The van der Waals surface area contributed by atoms with E-state index < -0.39 is 0 Å². The van der Waals surface area contributed by atoms with Crippen molar-refractivity contribution < 1.29 is 0 Å². The standard InChI is InChI=1S/C59H35NS/c1-3-13-40-33-43(27-23-36(40)11-1)55-46-16-5-6-17-47(46)56(44-28-24-37-12-2-4-14-41(37)34-44)52-35-42(29-30-48(52)55)38-21-25-39(26-22-38)58-51-32-31-49-45-15-8-10-20-54(45)61-59(49)57(51)50-18-7-9-19-53(50)60-58/h1-35H. The molecule has 0 aliphatic carbocycles. The van der Waals surface area contributed by atoms with E-state index in [1.807, 2.05) is 11.3 Å². The molecule has 2 heterocycles. The third-order valence-electron chi connectivity index (χ3n) is 12.8. The lowest BCUT2D eigenvalue weighted by Gasteiger charge is -2.19. The number of para-hydroxylation sites is 1. The number of rotatable bonds is 4. The van der Waals surface area contributed by atoms with Crippen molar-refractivity contribution in [3.8, 4) is 44.6 Å². The van der Waals surface area contributed by atoms with Gasteiger partial charge < -0.3 is 0 Å². The molecule has 0 aliphatic heterocycles. The summed E-state index contributed by atoms with van der Waals surface area (Å²) in [7, 11) is 0. The van der Waals surface area contributed by atoms with E-state index >= 15 is 0 Å². The Morgan fingerprint density at radius 1 is 0.295 bits per heavy atom. The fraction of sp³-hybridized carbons (Fsp3) is 0. The number of aromatic nitrogens is 1. The number of pyridine rings is 1. The molecule has 0 spiro atoms. The Bertz CT molecular complexity index is 3930. The van der Waals surface area contributed by atoms with Gasteiger partial charge in [0, 0.05) is 41.9 Å². The molecule has 2 aromatic heterocycles. The molecule has 282 valence electrons. The van der Waals surface area contributed by atoms with Crippen molar-refractivity contribution in [2.45, 2.75) is 0 Å². The molecule has 0 unspecified atom stereocenters. The summed E-state index contributed by atoms with van der Waals surface area (Å²) in [5.74, 6) is 0. The van der Waals surface area contributed by atoms with Gasteiger partial charge in [-0.3, -0.25) is 0 Å². The second-order valence-corrected chi connectivity index (χ2v) is 17.2. The average molecular weight is 790 g/mol. The fourth-order valence-corrected chi connectivity index (χ4v) is 11.2. The maximum atomic E-state index is 5.34. The van der Waals surface area contributed by atoms with Crippen molar-refractivity contribution in [3.05, 3.63) is 212 Å². The Labute approximate surface area is 356 Å². The number of hydrogen-bond acceptors (Lipinski definition) is 2. The highest BCUT2D eigenvalue weighted by Crippen LogP contribution is 2.47. The Kier molecular flexibility index (Phi) is 7.54. The fourth-order valence-electron chi connectivity index (χ4n) is 9.93. The lowest BCUT2D eigenvalue weighted by Crippen LogP contribution is -1.92. The lowest BCUT2D eigenvalue weighted by atomic mass is 9.84. The van der Waals surface area contributed by atoms with E-state index in [9.17, 15) is 0 Å². The van der Waals surface area contributed by atoms with Gasteiger partial charge in [0.25, 0.3) is 0 Å². The van der Waals surface area contributed by atoms with Gasteiger partial charge in [-0.1, -0.05) is 182 Å². The molecule has 0 radical (unpaired) electrons. The molecule has 13 aromatic rings. The van der Waals surface area contributed by atoms with Crippen molar-refractivity contribution in [2.24, 2.45) is 0 Å². The molecule has 0 saturated heterocycles. The minimum absolute atomic E-state index is 1.02. The van der Waals surface area contributed by atoms with Gasteiger partial charge in [0.2, 0.25) is 0 Å². The van der Waals surface area contributed by atoms with E-state index in [1.54, 1.807) is 0 Å². The van der Waals surface area contributed by atoms with E-state index in [-0.39, 0.29) is 0 Å². The average Bonchev–Trinajstić information content (AvgIpc) is 3.71. The minimum atomic E-state index is 1.02. The highest BCUT2D eigenvalue weighted by atomic mass is 32.1. The summed E-state index contributed by atoms with van der Waals surface area (Å²) >= 11 is 1.88. The second kappa shape index (κ2) is 13.4. The van der Waals surface area contributed by atoms with Crippen molar-refractivity contribution in [2.75, 3.05) is 0 Å². The van der Waals surface area contributed by atoms with Crippen LogP contribution in [0, 0.1) is 0 Å². The number of hydrogen-bond donors (Lipinski definition) is 0. The van der Waals surface area contributed by atoms with Gasteiger partial charge in [0.05, 0.1) is 11.2 Å². The van der Waals surface area contributed by atoms with Crippen LogP contribution in [0.15, 0.2) is 212 Å². The maximum Gasteiger partial charge on any atom is 0.0788 e. The molecule has 0 saturated carbocycles. The van der Waals surface area contributed by atoms with Crippen LogP contribution in [0.2, 0.25) is 0 Å².